The van der Waals surface area contributed by atoms with E-state index in [0.717, 1.165) is 4.57 Å². The maximum atomic E-state index is 12.2. The molecule has 0 radical (unpaired) electrons. The third-order valence-electron chi connectivity index (χ3n) is 5.43. The molecule has 14 heteroatoms. The van der Waals surface area contributed by atoms with Crippen molar-refractivity contribution in [2.45, 2.75) is 38.2 Å². The second-order valence-electron chi connectivity index (χ2n) is 7.62. The summed E-state index contributed by atoms with van der Waals surface area (Å²) in [4.78, 5) is 48.8. The van der Waals surface area contributed by atoms with Crippen molar-refractivity contribution >= 4 is 11.8 Å². The molecule has 0 bridgehead atoms. The van der Waals surface area contributed by atoms with Gasteiger partial charge in [-0.05, 0) is 13.0 Å². The zero-order valence-electron chi connectivity index (χ0n) is 17.9. The van der Waals surface area contributed by atoms with Gasteiger partial charge in [0.25, 0.3) is 11.2 Å². The van der Waals surface area contributed by atoms with Crippen LogP contribution in [0, 0.1) is 17.0 Å². The van der Waals surface area contributed by atoms with E-state index in [9.17, 15) is 29.6 Å². The number of ether oxygens (including phenoxy) is 5. The molecule has 0 aliphatic carbocycles. The molecule has 1 aromatic carbocycles. The van der Waals surface area contributed by atoms with Crippen LogP contribution in [0.25, 0.3) is 0 Å². The number of rotatable bonds is 7. The maximum Gasteiger partial charge on any atom is 0.508 e. The number of H-pyrrole nitrogens is 1. The number of hydrogen-bond donors (Lipinski definition) is 2. The Balaban J connectivity index is 1.36. The van der Waals surface area contributed by atoms with Gasteiger partial charge in [0.1, 0.15) is 18.4 Å². The van der Waals surface area contributed by atoms with Gasteiger partial charge in [-0.2, -0.15) is 0 Å². The minimum Gasteiger partial charge on any atom is -0.454 e. The quantitative estimate of drug-likeness (QED) is 0.321. The summed E-state index contributed by atoms with van der Waals surface area (Å²) in [5.74, 6) is 0.620. The average molecular weight is 479 g/mol. The van der Waals surface area contributed by atoms with Gasteiger partial charge in [0, 0.05) is 30.2 Å². The van der Waals surface area contributed by atoms with Crippen molar-refractivity contribution in [2.75, 3.05) is 20.0 Å². The molecule has 3 atom stereocenters. The highest BCUT2D eigenvalue weighted by Crippen LogP contribution is 2.38. The number of aromatic amines is 1. The van der Waals surface area contributed by atoms with Crippen LogP contribution < -0.4 is 20.7 Å². The van der Waals surface area contributed by atoms with Crippen LogP contribution in [0.15, 0.2) is 27.9 Å². The zero-order chi connectivity index (χ0) is 24.4. The van der Waals surface area contributed by atoms with Crippen LogP contribution in [-0.2, 0) is 20.6 Å². The molecule has 0 unspecified atom stereocenters. The van der Waals surface area contributed by atoms with Gasteiger partial charge in [-0.25, -0.2) is 9.59 Å². The number of aliphatic hydroxyl groups excluding tert-OH is 1. The lowest BCUT2D eigenvalue weighted by molar-refractivity contribution is -0.385. The van der Waals surface area contributed by atoms with E-state index >= 15 is 0 Å². The molecular formula is C20H21N3O11. The molecule has 182 valence electrons. The molecule has 0 amide bonds. The predicted molar refractivity (Wildman–Crippen MR) is 111 cm³/mol. The molecule has 2 aliphatic rings. The van der Waals surface area contributed by atoms with E-state index in [4.69, 9.17) is 23.7 Å². The largest absolute Gasteiger partial charge is 0.508 e. The first-order valence-electron chi connectivity index (χ1n) is 10.3. The van der Waals surface area contributed by atoms with Crippen LogP contribution in [0.3, 0.4) is 0 Å². The Morgan fingerprint density at radius 3 is 2.76 bits per heavy atom. The Hall–Kier alpha value is -3.91. The lowest BCUT2D eigenvalue weighted by atomic mass is 10.1. The molecule has 3 heterocycles. The summed E-state index contributed by atoms with van der Waals surface area (Å²) in [7, 11) is 0. The number of aryl methyl sites for hydroxylation is 1. The Bertz CT molecular complexity index is 1220. The van der Waals surface area contributed by atoms with Gasteiger partial charge in [0.15, 0.2) is 11.5 Å². The fourth-order valence-electron chi connectivity index (χ4n) is 3.70. The number of aliphatic hydroxyl groups is 1. The summed E-state index contributed by atoms with van der Waals surface area (Å²) in [6.45, 7) is 0.761. The molecule has 0 spiro atoms. The first-order valence-corrected chi connectivity index (χ1v) is 10.3. The number of nitro benzene ring substituents is 1. The van der Waals surface area contributed by atoms with Gasteiger partial charge >= 0.3 is 11.8 Å². The van der Waals surface area contributed by atoms with Gasteiger partial charge in [-0.1, -0.05) is 0 Å². The van der Waals surface area contributed by atoms with Crippen LogP contribution in [-0.4, -0.2) is 58.0 Å². The van der Waals surface area contributed by atoms with Crippen molar-refractivity contribution in [3.05, 3.63) is 60.4 Å². The molecule has 1 aromatic heterocycles. The highest BCUT2D eigenvalue weighted by Gasteiger charge is 2.39. The Kier molecular flexibility index (Phi) is 6.51. The predicted octanol–water partition coefficient (Wildman–Crippen LogP) is 0.526. The van der Waals surface area contributed by atoms with Crippen molar-refractivity contribution in [3.8, 4) is 11.5 Å². The first-order chi connectivity index (χ1) is 16.3. The van der Waals surface area contributed by atoms with Gasteiger partial charge < -0.3 is 28.8 Å². The molecule has 2 N–H and O–H groups in total. The molecule has 1 fully saturated rings. The number of carbonyl (C=O) groups is 1. The average Bonchev–Trinajstić information content (AvgIpc) is 3.41. The highest BCUT2D eigenvalue weighted by atomic mass is 16.7. The first kappa shape index (κ1) is 23.3. The Morgan fingerprint density at radius 2 is 2.06 bits per heavy atom. The van der Waals surface area contributed by atoms with Gasteiger partial charge in [0.2, 0.25) is 6.79 Å². The topological polar surface area (TPSA) is 181 Å². The minimum absolute atomic E-state index is 0.0152. The summed E-state index contributed by atoms with van der Waals surface area (Å²) in [6.07, 6.45) is -2.44. The summed E-state index contributed by atoms with van der Waals surface area (Å²) >= 11 is 0. The fraction of sp³-hybridized carbons (Fsp3) is 0.450. The number of hydrogen-bond acceptors (Lipinski definition) is 11. The van der Waals surface area contributed by atoms with E-state index in [-0.39, 0.29) is 48.8 Å². The fourth-order valence-corrected chi connectivity index (χ4v) is 3.70. The van der Waals surface area contributed by atoms with E-state index in [0.29, 0.717) is 5.75 Å². The lowest BCUT2D eigenvalue weighted by Gasteiger charge is -2.16. The second kappa shape index (κ2) is 9.52. The lowest BCUT2D eigenvalue weighted by Crippen LogP contribution is -2.33. The van der Waals surface area contributed by atoms with E-state index in [1.165, 1.54) is 25.3 Å². The van der Waals surface area contributed by atoms with Crippen LogP contribution in [0.5, 0.6) is 11.5 Å². The van der Waals surface area contributed by atoms with Crippen LogP contribution >= 0.6 is 0 Å². The zero-order valence-corrected chi connectivity index (χ0v) is 17.9. The number of nitrogens with zero attached hydrogens (tertiary/aromatic N) is 2. The summed E-state index contributed by atoms with van der Waals surface area (Å²) in [5, 5.41) is 20.9. The number of nitrogens with one attached hydrogen (secondary N) is 1. The monoisotopic (exact) mass is 479 g/mol. The Morgan fingerprint density at radius 1 is 1.32 bits per heavy atom. The standard InChI is InChI=1S/C20H21N3O11/c1-10-7-22(19(26)21-18(10)25)17-6-15(16(8-24)33-17)34-20(27)30-3-2-11-4-13-14(32-9-31-13)5-12(11)23(28)29/h4-5,7,15-17,24H,2-3,6,8-9H2,1H3,(H,21,25,26)/t15-,16+,17+/m0/s1. The van der Waals surface area contributed by atoms with Gasteiger partial charge in [0.05, 0.1) is 24.2 Å². The number of fused-ring (bicyclic) bond motifs is 1. The molecule has 0 saturated carbocycles. The number of carbonyl (C=O) groups excluding carboxylic acids is 1. The third kappa shape index (κ3) is 4.72. The van der Waals surface area contributed by atoms with Crippen molar-refractivity contribution in [2.24, 2.45) is 0 Å². The smallest absolute Gasteiger partial charge is 0.454 e. The second-order valence-corrected chi connectivity index (χ2v) is 7.62. The summed E-state index contributed by atoms with van der Waals surface area (Å²) in [5.41, 5.74) is -0.865. The Labute approximate surface area is 190 Å². The van der Waals surface area contributed by atoms with E-state index < -0.39 is 47.4 Å². The molecule has 34 heavy (non-hydrogen) atoms. The van der Waals surface area contributed by atoms with Crippen molar-refractivity contribution in [3.63, 3.8) is 0 Å². The summed E-state index contributed by atoms with van der Waals surface area (Å²) < 4.78 is 27.4. The molecule has 4 rings (SSSR count). The minimum atomic E-state index is -1.07. The molecule has 1 saturated heterocycles. The van der Waals surface area contributed by atoms with Crippen LogP contribution in [0.4, 0.5) is 10.5 Å². The number of aromatic nitrogens is 2. The van der Waals surface area contributed by atoms with Crippen LogP contribution in [0.2, 0.25) is 0 Å². The molecular weight excluding hydrogens is 458 g/mol. The van der Waals surface area contributed by atoms with Crippen molar-refractivity contribution in [1.29, 1.82) is 0 Å². The number of nitro groups is 1. The van der Waals surface area contributed by atoms with Crippen LogP contribution in [0.1, 0.15) is 23.8 Å². The SMILES string of the molecule is Cc1cn([C@H]2C[C@H](OC(=O)OCCc3cc4c(cc3[N+](=O)[O-])OCO4)[C@@H](CO)O2)c(=O)[nH]c1=O. The molecule has 2 aromatic rings. The maximum absolute atomic E-state index is 12.2. The normalized spacial score (nSPS) is 20.8. The van der Waals surface area contributed by atoms with Gasteiger partial charge in [-0.15, -0.1) is 0 Å². The molecule has 2 aliphatic heterocycles. The van der Waals surface area contributed by atoms with E-state index in [1.807, 2.05) is 0 Å². The summed E-state index contributed by atoms with van der Waals surface area (Å²) in [6, 6.07) is 2.70. The van der Waals surface area contributed by atoms with Crippen molar-refractivity contribution in [1.82, 2.24) is 9.55 Å². The van der Waals surface area contributed by atoms with Crippen molar-refractivity contribution < 1.29 is 38.5 Å². The molecule has 14 nitrogen and oxygen atoms in total. The van der Waals surface area contributed by atoms with E-state index in [2.05, 4.69) is 4.98 Å². The third-order valence-corrected chi connectivity index (χ3v) is 5.43. The van der Waals surface area contributed by atoms with E-state index in [1.54, 1.807) is 0 Å². The highest BCUT2D eigenvalue weighted by molar-refractivity contribution is 5.60. The number of benzene rings is 1. The van der Waals surface area contributed by atoms with Gasteiger partial charge in [-0.3, -0.25) is 24.5 Å².